The Morgan fingerprint density at radius 3 is 2.45 bits per heavy atom. The van der Waals surface area contributed by atoms with Crippen molar-refractivity contribution in [3.05, 3.63) is 89.4 Å². The van der Waals surface area contributed by atoms with Crippen LogP contribution in [-0.2, 0) is 10.0 Å². The van der Waals surface area contributed by atoms with E-state index in [1.807, 2.05) is 30.3 Å². The zero-order chi connectivity index (χ0) is 22.3. The van der Waals surface area contributed by atoms with Crippen molar-refractivity contribution in [3.8, 4) is 5.75 Å². The van der Waals surface area contributed by atoms with Crippen molar-refractivity contribution >= 4 is 33.2 Å². The minimum Gasteiger partial charge on any atom is -0.494 e. The SMILES string of the molecule is CN(CCCOc1ccccc1)C(=O)c1cccc(S(=O)(=O)Nc2ccccc2Cl)c1. The third kappa shape index (κ3) is 6.23. The van der Waals surface area contributed by atoms with Crippen molar-refractivity contribution < 1.29 is 17.9 Å². The number of para-hydroxylation sites is 2. The molecule has 31 heavy (non-hydrogen) atoms. The monoisotopic (exact) mass is 458 g/mol. The van der Waals surface area contributed by atoms with Gasteiger partial charge in [-0.25, -0.2) is 8.42 Å². The van der Waals surface area contributed by atoms with Gasteiger partial charge in [-0.05, 0) is 48.9 Å². The van der Waals surface area contributed by atoms with Crippen molar-refractivity contribution in [3.63, 3.8) is 0 Å². The van der Waals surface area contributed by atoms with Crippen LogP contribution in [0.2, 0.25) is 5.02 Å². The molecule has 3 aromatic rings. The maximum absolute atomic E-state index is 12.7. The predicted octanol–water partition coefficient (Wildman–Crippen LogP) is 4.68. The quantitative estimate of drug-likeness (QED) is 0.472. The van der Waals surface area contributed by atoms with Crippen LogP contribution in [0.15, 0.2) is 83.8 Å². The predicted molar refractivity (Wildman–Crippen MR) is 122 cm³/mol. The Morgan fingerprint density at radius 2 is 1.71 bits per heavy atom. The molecule has 6 nitrogen and oxygen atoms in total. The topological polar surface area (TPSA) is 75.7 Å². The summed E-state index contributed by atoms with van der Waals surface area (Å²) in [6.07, 6.45) is 0.642. The van der Waals surface area contributed by atoms with E-state index in [1.165, 1.54) is 12.1 Å². The molecular formula is C23H23ClN2O4S. The third-order valence-corrected chi connectivity index (χ3v) is 6.20. The van der Waals surface area contributed by atoms with Gasteiger partial charge >= 0.3 is 0 Å². The number of nitrogens with one attached hydrogen (secondary N) is 1. The van der Waals surface area contributed by atoms with Gasteiger partial charge in [-0.2, -0.15) is 0 Å². The lowest BCUT2D eigenvalue weighted by Gasteiger charge is -2.18. The normalized spacial score (nSPS) is 11.0. The standard InChI is InChI=1S/C23H23ClN2O4S/c1-26(15-8-16-30-19-10-3-2-4-11-19)23(27)18-9-7-12-20(17-18)31(28,29)25-22-14-6-5-13-21(22)24/h2-7,9-14,17,25H,8,15-16H2,1H3. The van der Waals surface area contributed by atoms with Gasteiger partial charge < -0.3 is 9.64 Å². The van der Waals surface area contributed by atoms with Crippen molar-refractivity contribution in [1.29, 1.82) is 0 Å². The molecule has 1 N–H and O–H groups in total. The molecule has 0 saturated heterocycles. The summed E-state index contributed by atoms with van der Waals surface area (Å²) < 4.78 is 33.6. The summed E-state index contributed by atoms with van der Waals surface area (Å²) in [5.41, 5.74) is 0.560. The first-order chi connectivity index (χ1) is 14.9. The number of anilines is 1. The number of halogens is 1. The summed E-state index contributed by atoms with van der Waals surface area (Å²) >= 11 is 6.04. The van der Waals surface area contributed by atoms with Gasteiger partial charge in [0.1, 0.15) is 5.75 Å². The molecule has 0 bridgehead atoms. The van der Waals surface area contributed by atoms with Gasteiger partial charge in [0.05, 0.1) is 22.2 Å². The van der Waals surface area contributed by atoms with Crippen LogP contribution >= 0.6 is 11.6 Å². The molecule has 1 amide bonds. The van der Waals surface area contributed by atoms with Crippen molar-refractivity contribution in [2.24, 2.45) is 0 Å². The van der Waals surface area contributed by atoms with Crippen molar-refractivity contribution in [1.82, 2.24) is 4.90 Å². The smallest absolute Gasteiger partial charge is 0.261 e. The molecule has 0 aliphatic carbocycles. The van der Waals surface area contributed by atoms with Crippen LogP contribution in [0.5, 0.6) is 5.75 Å². The lowest BCUT2D eigenvalue weighted by molar-refractivity contribution is 0.0787. The molecule has 0 aliphatic rings. The second-order valence-electron chi connectivity index (χ2n) is 6.85. The highest BCUT2D eigenvalue weighted by molar-refractivity contribution is 7.92. The van der Waals surface area contributed by atoms with Crippen LogP contribution in [0.4, 0.5) is 5.69 Å². The van der Waals surface area contributed by atoms with E-state index in [2.05, 4.69) is 4.72 Å². The number of benzene rings is 3. The zero-order valence-electron chi connectivity index (χ0n) is 17.0. The van der Waals surface area contributed by atoms with E-state index in [0.717, 1.165) is 5.75 Å². The number of rotatable bonds is 9. The first-order valence-electron chi connectivity index (χ1n) is 9.67. The molecule has 0 atom stereocenters. The van der Waals surface area contributed by atoms with Gasteiger partial charge in [0.15, 0.2) is 0 Å². The molecule has 8 heteroatoms. The number of hydrogen-bond donors (Lipinski definition) is 1. The van der Waals surface area contributed by atoms with Crippen LogP contribution in [0.1, 0.15) is 16.8 Å². The Bertz CT molecular complexity index is 1140. The van der Waals surface area contributed by atoms with E-state index in [4.69, 9.17) is 16.3 Å². The van der Waals surface area contributed by atoms with Crippen molar-refractivity contribution in [2.45, 2.75) is 11.3 Å². The van der Waals surface area contributed by atoms with E-state index in [9.17, 15) is 13.2 Å². The first-order valence-corrected chi connectivity index (χ1v) is 11.5. The summed E-state index contributed by atoms with van der Waals surface area (Å²) in [4.78, 5) is 14.3. The zero-order valence-corrected chi connectivity index (χ0v) is 18.6. The fourth-order valence-electron chi connectivity index (χ4n) is 2.87. The van der Waals surface area contributed by atoms with E-state index >= 15 is 0 Å². The molecule has 162 valence electrons. The van der Waals surface area contributed by atoms with Crippen molar-refractivity contribution in [2.75, 3.05) is 24.9 Å². The average Bonchev–Trinajstić information content (AvgIpc) is 2.78. The number of ether oxygens (including phenoxy) is 1. The minimum absolute atomic E-state index is 0.0147. The van der Waals surface area contributed by atoms with Gasteiger partial charge in [-0.15, -0.1) is 0 Å². The minimum atomic E-state index is -3.89. The third-order valence-electron chi connectivity index (χ3n) is 4.51. The maximum Gasteiger partial charge on any atom is 0.261 e. The molecule has 0 aromatic heterocycles. The second-order valence-corrected chi connectivity index (χ2v) is 8.94. The molecule has 0 unspecified atom stereocenters. The van der Waals surface area contributed by atoms with Gasteiger partial charge in [-0.1, -0.05) is 48.0 Å². The second kappa shape index (κ2) is 10.3. The molecule has 0 spiro atoms. The summed E-state index contributed by atoms with van der Waals surface area (Å²) in [7, 11) is -2.22. The van der Waals surface area contributed by atoms with Crippen LogP contribution in [-0.4, -0.2) is 39.4 Å². The summed E-state index contributed by atoms with van der Waals surface area (Å²) in [6.45, 7) is 0.943. The molecule has 0 saturated carbocycles. The molecule has 0 fully saturated rings. The number of amides is 1. The van der Waals surface area contributed by atoms with E-state index in [0.29, 0.717) is 19.6 Å². The Labute approximate surface area is 187 Å². The Hall–Kier alpha value is -3.03. The van der Waals surface area contributed by atoms with Gasteiger partial charge in [-0.3, -0.25) is 9.52 Å². The van der Waals surface area contributed by atoms with Crippen LogP contribution < -0.4 is 9.46 Å². The highest BCUT2D eigenvalue weighted by Crippen LogP contribution is 2.24. The maximum atomic E-state index is 12.7. The largest absolute Gasteiger partial charge is 0.494 e. The fraction of sp³-hybridized carbons (Fsp3) is 0.174. The molecule has 3 aromatic carbocycles. The Kier molecular flexibility index (Phi) is 7.55. The number of nitrogens with zero attached hydrogens (tertiary/aromatic N) is 1. The summed E-state index contributed by atoms with van der Waals surface area (Å²) in [5, 5.41) is 0.288. The molecule has 0 heterocycles. The highest BCUT2D eigenvalue weighted by Gasteiger charge is 2.19. The Balaban J connectivity index is 1.61. The first kappa shape index (κ1) is 22.7. The number of carbonyl (C=O) groups excluding carboxylic acids is 1. The number of carbonyl (C=O) groups is 1. The van der Waals surface area contributed by atoms with E-state index < -0.39 is 10.0 Å². The average molecular weight is 459 g/mol. The highest BCUT2D eigenvalue weighted by atomic mass is 35.5. The Morgan fingerprint density at radius 1 is 1.00 bits per heavy atom. The number of sulfonamides is 1. The van der Waals surface area contributed by atoms with Crippen LogP contribution in [0.25, 0.3) is 0 Å². The lowest BCUT2D eigenvalue weighted by atomic mass is 10.2. The van der Waals surface area contributed by atoms with Gasteiger partial charge in [0, 0.05) is 19.2 Å². The van der Waals surface area contributed by atoms with Gasteiger partial charge in [0.2, 0.25) is 0 Å². The molecule has 0 radical (unpaired) electrons. The fourth-order valence-corrected chi connectivity index (χ4v) is 4.24. The molecular weight excluding hydrogens is 436 g/mol. The number of hydrogen-bond acceptors (Lipinski definition) is 4. The van der Waals surface area contributed by atoms with Crippen LogP contribution in [0.3, 0.4) is 0 Å². The lowest BCUT2D eigenvalue weighted by Crippen LogP contribution is -2.29. The van der Waals surface area contributed by atoms with E-state index in [1.54, 1.807) is 48.3 Å². The van der Waals surface area contributed by atoms with E-state index in [-0.39, 0.29) is 27.1 Å². The summed E-state index contributed by atoms with van der Waals surface area (Å²) in [6, 6.07) is 21.9. The van der Waals surface area contributed by atoms with Crippen LogP contribution in [0, 0.1) is 0 Å². The molecule has 0 aliphatic heterocycles. The van der Waals surface area contributed by atoms with Gasteiger partial charge in [0.25, 0.3) is 15.9 Å². The summed E-state index contributed by atoms with van der Waals surface area (Å²) in [5.74, 6) is 0.509. The molecule has 3 rings (SSSR count).